The van der Waals surface area contributed by atoms with Crippen LogP contribution >= 0.6 is 11.6 Å². The molecule has 2 aromatic rings. The molecule has 0 radical (unpaired) electrons. The maximum absolute atomic E-state index is 12.9. The van der Waals surface area contributed by atoms with Gasteiger partial charge in [0.25, 0.3) is 5.91 Å². The van der Waals surface area contributed by atoms with Gasteiger partial charge < -0.3 is 0 Å². The Morgan fingerprint density at radius 1 is 0.931 bits per heavy atom. The van der Waals surface area contributed by atoms with Crippen molar-refractivity contribution in [3.05, 3.63) is 71.3 Å². The molecule has 0 spiro atoms. The number of halogens is 1. The summed E-state index contributed by atoms with van der Waals surface area (Å²) in [6.45, 7) is 4.24. The first-order chi connectivity index (χ1) is 14.1. The van der Waals surface area contributed by atoms with E-state index in [9.17, 15) is 9.59 Å². The van der Waals surface area contributed by atoms with Crippen LogP contribution in [0, 0.1) is 0 Å². The van der Waals surface area contributed by atoms with Gasteiger partial charge in [-0.15, -0.1) is 0 Å². The van der Waals surface area contributed by atoms with Crippen LogP contribution in [0.2, 0.25) is 5.02 Å². The average molecular weight is 410 g/mol. The molecule has 0 aliphatic carbocycles. The lowest BCUT2D eigenvalue weighted by atomic mass is 10.1. The van der Waals surface area contributed by atoms with E-state index in [1.165, 1.54) is 10.5 Å². The number of carbonyl (C=O) groups excluding carboxylic acids is 2. The lowest BCUT2D eigenvalue weighted by Gasteiger charge is -2.36. The molecule has 0 aromatic heterocycles. The van der Waals surface area contributed by atoms with Gasteiger partial charge >= 0.3 is 0 Å². The third-order valence-corrected chi connectivity index (χ3v) is 5.78. The number of nitrogens with zero attached hydrogens (tertiary/aromatic N) is 3. The Morgan fingerprint density at radius 3 is 2.31 bits per heavy atom. The van der Waals surface area contributed by atoms with Crippen LogP contribution in [0.4, 0.5) is 5.69 Å². The maximum Gasteiger partial charge on any atom is 0.251 e. The van der Waals surface area contributed by atoms with Crippen molar-refractivity contribution in [1.82, 2.24) is 9.80 Å². The van der Waals surface area contributed by atoms with E-state index in [2.05, 4.69) is 34.1 Å². The van der Waals surface area contributed by atoms with E-state index in [0.29, 0.717) is 10.7 Å². The minimum Gasteiger partial charge on any atom is -0.297 e. The van der Waals surface area contributed by atoms with Crippen molar-refractivity contribution >= 4 is 35.2 Å². The number of hydrogen-bond acceptors (Lipinski definition) is 4. The van der Waals surface area contributed by atoms with Gasteiger partial charge in [0.15, 0.2) is 0 Å². The smallest absolute Gasteiger partial charge is 0.251 e. The summed E-state index contributed by atoms with van der Waals surface area (Å²) in [4.78, 5) is 31.2. The van der Waals surface area contributed by atoms with Crippen molar-refractivity contribution in [2.75, 3.05) is 37.6 Å². The summed E-state index contributed by atoms with van der Waals surface area (Å²) in [5.74, 6) is -0.273. The topological polar surface area (TPSA) is 43.9 Å². The highest BCUT2D eigenvalue weighted by Crippen LogP contribution is 2.27. The fraction of sp³-hybridized carbons (Fsp3) is 0.304. The van der Waals surface area contributed by atoms with E-state index >= 15 is 0 Å². The average Bonchev–Trinajstić information content (AvgIpc) is 3.04. The second kappa shape index (κ2) is 8.91. The van der Waals surface area contributed by atoms with E-state index in [-0.39, 0.29) is 24.3 Å². The molecule has 2 aromatic carbocycles. The molecule has 1 unspecified atom stereocenters. The van der Waals surface area contributed by atoms with Crippen LogP contribution in [-0.2, 0) is 9.59 Å². The lowest BCUT2D eigenvalue weighted by molar-refractivity contribution is -0.123. The number of hydrogen-bond donors (Lipinski definition) is 0. The summed E-state index contributed by atoms with van der Waals surface area (Å²) in [7, 11) is 0. The Bertz CT molecular complexity index is 890. The maximum atomic E-state index is 12.9. The summed E-state index contributed by atoms with van der Waals surface area (Å²) >= 11 is 5.92. The second-order valence-electron chi connectivity index (χ2n) is 7.41. The third-order valence-electron chi connectivity index (χ3n) is 5.53. The molecular weight excluding hydrogens is 386 g/mol. The molecule has 2 heterocycles. The van der Waals surface area contributed by atoms with E-state index in [1.807, 2.05) is 18.2 Å². The molecule has 4 rings (SSSR count). The lowest BCUT2D eigenvalue weighted by Crippen LogP contribution is -2.52. The highest BCUT2D eigenvalue weighted by atomic mass is 35.5. The Balaban J connectivity index is 1.31. The van der Waals surface area contributed by atoms with E-state index in [1.54, 1.807) is 24.3 Å². The molecule has 5 nitrogen and oxygen atoms in total. The fourth-order valence-corrected chi connectivity index (χ4v) is 4.05. The number of piperazine rings is 1. The second-order valence-corrected chi connectivity index (χ2v) is 7.85. The number of anilines is 1. The van der Waals surface area contributed by atoms with E-state index in [0.717, 1.165) is 32.7 Å². The van der Waals surface area contributed by atoms with Crippen LogP contribution in [0.15, 0.2) is 60.7 Å². The Morgan fingerprint density at radius 2 is 1.62 bits per heavy atom. The fourth-order valence-electron chi connectivity index (χ4n) is 3.92. The van der Waals surface area contributed by atoms with Gasteiger partial charge in [0.1, 0.15) is 0 Å². The Hall–Kier alpha value is -2.47. The number of rotatable bonds is 5. The van der Waals surface area contributed by atoms with Gasteiger partial charge in [-0.25, -0.2) is 4.90 Å². The Kier molecular flexibility index (Phi) is 6.09. The first-order valence-electron chi connectivity index (χ1n) is 9.92. The van der Waals surface area contributed by atoms with Gasteiger partial charge in [0.2, 0.25) is 5.91 Å². The SMILES string of the molecule is O=C1CC(N2CCN(CC=Cc3ccccc3)CC2)C(=O)N1c1ccc(Cl)cc1. The summed E-state index contributed by atoms with van der Waals surface area (Å²) in [6.07, 6.45) is 4.56. The van der Waals surface area contributed by atoms with Gasteiger partial charge in [-0.1, -0.05) is 54.1 Å². The highest BCUT2D eigenvalue weighted by molar-refractivity contribution is 6.30. The van der Waals surface area contributed by atoms with Crippen LogP contribution in [0.1, 0.15) is 12.0 Å². The molecule has 6 heteroatoms. The van der Waals surface area contributed by atoms with Crippen LogP contribution in [0.25, 0.3) is 6.08 Å². The number of imide groups is 1. The normalized spacial score (nSPS) is 21.4. The van der Waals surface area contributed by atoms with Crippen molar-refractivity contribution in [3.8, 4) is 0 Å². The van der Waals surface area contributed by atoms with E-state index in [4.69, 9.17) is 11.6 Å². The first kappa shape index (κ1) is 19.8. The molecular formula is C23H24ClN3O2. The molecule has 0 saturated carbocycles. The van der Waals surface area contributed by atoms with Crippen LogP contribution in [-0.4, -0.2) is 60.4 Å². The summed E-state index contributed by atoms with van der Waals surface area (Å²) < 4.78 is 0. The molecule has 1 atom stereocenters. The summed E-state index contributed by atoms with van der Waals surface area (Å²) in [6, 6.07) is 16.7. The predicted molar refractivity (Wildman–Crippen MR) is 116 cm³/mol. The van der Waals surface area contributed by atoms with Crippen LogP contribution in [0.5, 0.6) is 0 Å². The van der Waals surface area contributed by atoms with Gasteiger partial charge in [-0.2, -0.15) is 0 Å². The molecule has 2 aliphatic rings. The largest absolute Gasteiger partial charge is 0.297 e. The number of carbonyl (C=O) groups is 2. The van der Waals surface area contributed by atoms with Crippen molar-refractivity contribution in [3.63, 3.8) is 0 Å². The minimum atomic E-state index is -0.361. The predicted octanol–water partition coefficient (Wildman–Crippen LogP) is 3.30. The zero-order valence-corrected chi connectivity index (χ0v) is 17.0. The zero-order valence-electron chi connectivity index (χ0n) is 16.2. The number of amides is 2. The standard InChI is InChI=1S/C23H24ClN3O2/c24-19-8-10-20(11-9-19)27-22(28)17-21(23(27)29)26-15-13-25(14-16-26)12-4-7-18-5-2-1-3-6-18/h1-11,21H,12-17H2. The third kappa shape index (κ3) is 4.58. The minimum absolute atomic E-state index is 0.130. The summed E-state index contributed by atoms with van der Waals surface area (Å²) in [5, 5.41) is 0.585. The van der Waals surface area contributed by atoms with Crippen LogP contribution in [0.3, 0.4) is 0 Å². The van der Waals surface area contributed by atoms with Crippen molar-refractivity contribution in [2.45, 2.75) is 12.5 Å². The molecule has 0 bridgehead atoms. The first-order valence-corrected chi connectivity index (χ1v) is 10.3. The van der Waals surface area contributed by atoms with Crippen molar-refractivity contribution in [2.24, 2.45) is 0 Å². The molecule has 29 heavy (non-hydrogen) atoms. The molecule has 2 aliphatic heterocycles. The molecule has 2 saturated heterocycles. The Labute approximate surface area is 176 Å². The van der Waals surface area contributed by atoms with Gasteiger partial charge in [-0.05, 0) is 29.8 Å². The van der Waals surface area contributed by atoms with E-state index < -0.39 is 0 Å². The van der Waals surface area contributed by atoms with Gasteiger partial charge in [-0.3, -0.25) is 19.4 Å². The highest BCUT2D eigenvalue weighted by Gasteiger charge is 2.43. The van der Waals surface area contributed by atoms with Crippen LogP contribution < -0.4 is 4.90 Å². The monoisotopic (exact) mass is 409 g/mol. The molecule has 2 fully saturated rings. The number of benzene rings is 2. The zero-order chi connectivity index (χ0) is 20.2. The van der Waals surface area contributed by atoms with Crippen molar-refractivity contribution < 1.29 is 9.59 Å². The van der Waals surface area contributed by atoms with Gasteiger partial charge in [0.05, 0.1) is 18.2 Å². The molecule has 2 amide bonds. The summed E-state index contributed by atoms with van der Waals surface area (Å²) in [5.41, 5.74) is 1.79. The van der Waals surface area contributed by atoms with Gasteiger partial charge in [0, 0.05) is 37.7 Å². The molecule has 0 N–H and O–H groups in total. The molecule has 150 valence electrons. The van der Waals surface area contributed by atoms with Crippen molar-refractivity contribution in [1.29, 1.82) is 0 Å². The quantitative estimate of drug-likeness (QED) is 0.711.